The van der Waals surface area contributed by atoms with E-state index in [2.05, 4.69) is 37.1 Å². The van der Waals surface area contributed by atoms with Crippen LogP contribution in [0.2, 0.25) is 0 Å². The highest BCUT2D eigenvalue weighted by Crippen LogP contribution is 2.19. The van der Waals surface area contributed by atoms with Crippen molar-refractivity contribution in [3.8, 4) is 0 Å². The van der Waals surface area contributed by atoms with Crippen LogP contribution in [0.3, 0.4) is 0 Å². The van der Waals surface area contributed by atoms with Crippen molar-refractivity contribution >= 4 is 16.6 Å². The minimum absolute atomic E-state index is 0.773. The second-order valence-corrected chi connectivity index (χ2v) is 5.12. The Kier molecular flexibility index (Phi) is 2.75. The van der Waals surface area contributed by atoms with Crippen molar-refractivity contribution in [1.82, 2.24) is 9.78 Å². The van der Waals surface area contributed by atoms with Crippen molar-refractivity contribution in [1.29, 1.82) is 0 Å². The van der Waals surface area contributed by atoms with Crippen LogP contribution in [0, 0.1) is 13.8 Å². The summed E-state index contributed by atoms with van der Waals surface area (Å²) in [5.74, 6) is 0. The summed E-state index contributed by atoms with van der Waals surface area (Å²) in [7, 11) is 0. The Hall–Kier alpha value is -2.29. The number of fused-ring (bicyclic) bond motifs is 1. The summed E-state index contributed by atoms with van der Waals surface area (Å²) in [5, 5.41) is 5.58. The minimum atomic E-state index is 0.773. The molecule has 0 bridgehead atoms. The van der Waals surface area contributed by atoms with Gasteiger partial charge in [0.05, 0.1) is 18.3 Å². The number of hydrogen-bond donors (Lipinski definition) is 1. The molecule has 1 aromatic heterocycles. The summed E-state index contributed by atoms with van der Waals surface area (Å²) in [6, 6.07) is 12.5. The van der Waals surface area contributed by atoms with Gasteiger partial charge in [0.1, 0.15) is 0 Å². The van der Waals surface area contributed by atoms with Crippen LogP contribution in [0.5, 0.6) is 0 Å². The second-order valence-electron chi connectivity index (χ2n) is 5.12. The predicted molar refractivity (Wildman–Crippen MR) is 79.2 cm³/mol. The molecule has 19 heavy (non-hydrogen) atoms. The Morgan fingerprint density at radius 3 is 2.53 bits per heavy atom. The molecule has 96 valence electrons. The fraction of sp³-hybridized carbons (Fsp3) is 0.188. The molecule has 3 heteroatoms. The molecule has 0 aliphatic heterocycles. The monoisotopic (exact) mass is 251 g/mol. The number of aromatic nitrogens is 2. The maximum Gasteiger partial charge on any atom is 0.0706 e. The van der Waals surface area contributed by atoms with E-state index >= 15 is 0 Å². The Morgan fingerprint density at radius 2 is 1.79 bits per heavy atom. The van der Waals surface area contributed by atoms with Gasteiger partial charge in [-0.05, 0) is 37.6 Å². The molecule has 0 spiro atoms. The molecule has 0 aliphatic carbocycles. The molecule has 1 heterocycles. The molecule has 2 N–H and O–H groups in total. The number of nitrogen functional groups attached to an aromatic ring is 1. The lowest BCUT2D eigenvalue weighted by Gasteiger charge is -2.07. The maximum absolute atomic E-state index is 5.85. The quantitative estimate of drug-likeness (QED) is 0.710. The molecule has 3 aromatic rings. The van der Waals surface area contributed by atoms with Gasteiger partial charge in [0.15, 0.2) is 0 Å². The predicted octanol–water partition coefficient (Wildman–Crippen LogP) is 3.28. The van der Waals surface area contributed by atoms with E-state index < -0.39 is 0 Å². The molecule has 0 saturated carbocycles. The fourth-order valence-corrected chi connectivity index (χ4v) is 2.55. The van der Waals surface area contributed by atoms with Gasteiger partial charge < -0.3 is 5.73 Å². The van der Waals surface area contributed by atoms with Crippen LogP contribution in [-0.4, -0.2) is 9.78 Å². The third-order valence-electron chi connectivity index (χ3n) is 3.28. The number of nitrogens with zero attached hydrogens (tertiary/aromatic N) is 2. The van der Waals surface area contributed by atoms with Crippen LogP contribution in [-0.2, 0) is 6.54 Å². The highest BCUT2D eigenvalue weighted by Gasteiger charge is 2.04. The molecular formula is C16H17N3. The van der Waals surface area contributed by atoms with Gasteiger partial charge in [-0.1, -0.05) is 29.3 Å². The number of nitrogens with two attached hydrogens (primary N) is 1. The zero-order valence-corrected chi connectivity index (χ0v) is 11.2. The molecule has 3 nitrogen and oxygen atoms in total. The van der Waals surface area contributed by atoms with E-state index in [0.29, 0.717) is 0 Å². The third kappa shape index (κ3) is 2.32. The molecule has 0 saturated heterocycles. The smallest absolute Gasteiger partial charge is 0.0706 e. The first-order chi connectivity index (χ1) is 9.11. The standard InChI is InChI=1S/C16H17N3/c1-11-5-12(2)7-13(6-11)10-19-16-8-15(17)4-3-14(16)9-18-19/h3-9H,10,17H2,1-2H3. The largest absolute Gasteiger partial charge is 0.399 e. The van der Waals surface area contributed by atoms with Crippen LogP contribution >= 0.6 is 0 Å². The summed E-state index contributed by atoms with van der Waals surface area (Å²) >= 11 is 0. The van der Waals surface area contributed by atoms with Crippen LogP contribution in [0.15, 0.2) is 42.6 Å². The maximum atomic E-state index is 5.85. The van der Waals surface area contributed by atoms with Crippen LogP contribution < -0.4 is 5.73 Å². The van der Waals surface area contributed by atoms with E-state index in [0.717, 1.165) is 23.1 Å². The van der Waals surface area contributed by atoms with Crippen molar-refractivity contribution in [2.24, 2.45) is 0 Å². The molecule has 0 unspecified atom stereocenters. The average Bonchev–Trinajstić information content (AvgIpc) is 2.70. The van der Waals surface area contributed by atoms with Crippen LogP contribution in [0.4, 0.5) is 5.69 Å². The average molecular weight is 251 g/mol. The molecule has 0 radical (unpaired) electrons. The topological polar surface area (TPSA) is 43.8 Å². The fourth-order valence-electron chi connectivity index (χ4n) is 2.55. The van der Waals surface area contributed by atoms with Gasteiger partial charge in [-0.2, -0.15) is 5.10 Å². The molecule has 2 aromatic carbocycles. The van der Waals surface area contributed by atoms with E-state index in [1.54, 1.807) is 0 Å². The summed E-state index contributed by atoms with van der Waals surface area (Å²) in [6.07, 6.45) is 1.89. The molecule has 0 atom stereocenters. The van der Waals surface area contributed by atoms with Gasteiger partial charge in [-0.15, -0.1) is 0 Å². The van der Waals surface area contributed by atoms with Gasteiger partial charge in [-0.3, -0.25) is 4.68 Å². The lowest BCUT2D eigenvalue weighted by molar-refractivity contribution is 0.711. The Balaban J connectivity index is 2.03. The van der Waals surface area contributed by atoms with Crippen molar-refractivity contribution < 1.29 is 0 Å². The van der Waals surface area contributed by atoms with Gasteiger partial charge in [0.25, 0.3) is 0 Å². The number of benzene rings is 2. The second kappa shape index (κ2) is 4.43. The highest BCUT2D eigenvalue weighted by molar-refractivity contribution is 5.81. The molecule has 0 fully saturated rings. The van der Waals surface area contributed by atoms with Gasteiger partial charge in [-0.25, -0.2) is 0 Å². The Labute approximate surface area is 112 Å². The van der Waals surface area contributed by atoms with Gasteiger partial charge in [0.2, 0.25) is 0 Å². The molecular weight excluding hydrogens is 234 g/mol. The van der Waals surface area contributed by atoms with Crippen LogP contribution in [0.25, 0.3) is 10.9 Å². The van der Waals surface area contributed by atoms with Gasteiger partial charge in [0, 0.05) is 11.1 Å². The first kappa shape index (κ1) is 11.8. The zero-order chi connectivity index (χ0) is 13.4. The summed E-state index contributed by atoms with van der Waals surface area (Å²) in [4.78, 5) is 0. The number of aryl methyl sites for hydroxylation is 2. The Morgan fingerprint density at radius 1 is 1.05 bits per heavy atom. The number of anilines is 1. The molecule has 0 amide bonds. The minimum Gasteiger partial charge on any atom is -0.399 e. The van der Waals surface area contributed by atoms with Gasteiger partial charge >= 0.3 is 0 Å². The molecule has 3 rings (SSSR count). The first-order valence-electron chi connectivity index (χ1n) is 6.40. The van der Waals surface area contributed by atoms with Crippen molar-refractivity contribution in [2.45, 2.75) is 20.4 Å². The summed E-state index contributed by atoms with van der Waals surface area (Å²) < 4.78 is 2.00. The lowest BCUT2D eigenvalue weighted by atomic mass is 10.1. The van der Waals surface area contributed by atoms with Crippen molar-refractivity contribution in [3.63, 3.8) is 0 Å². The first-order valence-corrected chi connectivity index (χ1v) is 6.40. The van der Waals surface area contributed by atoms with E-state index in [9.17, 15) is 0 Å². The Bertz CT molecular complexity index is 721. The zero-order valence-electron chi connectivity index (χ0n) is 11.2. The number of rotatable bonds is 2. The van der Waals surface area contributed by atoms with Crippen molar-refractivity contribution in [3.05, 3.63) is 59.3 Å². The van der Waals surface area contributed by atoms with E-state index in [1.165, 1.54) is 16.7 Å². The van der Waals surface area contributed by atoms with E-state index in [-0.39, 0.29) is 0 Å². The van der Waals surface area contributed by atoms with E-state index in [1.807, 2.05) is 29.1 Å². The summed E-state index contributed by atoms with van der Waals surface area (Å²) in [6.45, 7) is 5.01. The highest BCUT2D eigenvalue weighted by atomic mass is 15.3. The SMILES string of the molecule is Cc1cc(C)cc(Cn2ncc3ccc(N)cc32)c1. The lowest BCUT2D eigenvalue weighted by Crippen LogP contribution is -2.02. The van der Waals surface area contributed by atoms with Crippen molar-refractivity contribution in [2.75, 3.05) is 5.73 Å². The third-order valence-corrected chi connectivity index (χ3v) is 3.28. The molecule has 0 aliphatic rings. The van der Waals surface area contributed by atoms with E-state index in [4.69, 9.17) is 5.73 Å². The summed E-state index contributed by atoms with van der Waals surface area (Å²) in [5.41, 5.74) is 11.5. The normalized spacial score (nSPS) is 11.1. The van der Waals surface area contributed by atoms with Crippen LogP contribution in [0.1, 0.15) is 16.7 Å². The number of hydrogen-bond acceptors (Lipinski definition) is 2.